The van der Waals surface area contributed by atoms with E-state index in [2.05, 4.69) is 5.10 Å². The van der Waals surface area contributed by atoms with Crippen molar-refractivity contribution >= 4 is 17.5 Å². The third-order valence-corrected chi connectivity index (χ3v) is 5.98. The molecule has 0 radical (unpaired) electrons. The monoisotopic (exact) mass is 399 g/mol. The average molecular weight is 399 g/mol. The number of H-pyrrole nitrogens is 1. The van der Waals surface area contributed by atoms with Crippen LogP contribution >= 0.6 is 0 Å². The first-order chi connectivity index (χ1) is 13.7. The van der Waals surface area contributed by atoms with E-state index in [0.29, 0.717) is 24.2 Å². The molecular weight excluding hydrogens is 370 g/mol. The van der Waals surface area contributed by atoms with Crippen molar-refractivity contribution in [2.45, 2.75) is 66.0 Å². The molecule has 4 rings (SSSR count). The zero-order valence-corrected chi connectivity index (χ0v) is 17.6. The fraction of sp³-hybridized carbons (Fsp3) is 0.619. The van der Waals surface area contributed by atoms with Crippen LogP contribution in [0.25, 0.3) is 5.65 Å². The Morgan fingerprint density at radius 3 is 2.66 bits per heavy atom. The molecule has 0 saturated carbocycles. The molecular formula is C21H29N5O3. The summed E-state index contributed by atoms with van der Waals surface area (Å²) in [6.07, 6.45) is 3.49. The molecule has 8 nitrogen and oxygen atoms in total. The number of amides is 2. The number of piperidine rings is 1. The normalized spacial score (nSPS) is 20.1. The third-order valence-electron chi connectivity index (χ3n) is 5.98. The summed E-state index contributed by atoms with van der Waals surface area (Å²) in [5.74, 6) is 0.0865. The molecule has 0 aromatic carbocycles. The van der Waals surface area contributed by atoms with E-state index in [-0.39, 0.29) is 30.0 Å². The zero-order chi connectivity index (χ0) is 20.9. The van der Waals surface area contributed by atoms with Crippen molar-refractivity contribution in [3.63, 3.8) is 0 Å². The maximum absolute atomic E-state index is 13.2. The average Bonchev–Trinajstić information content (AvgIpc) is 3.11. The second-order valence-electron chi connectivity index (χ2n) is 9.20. The standard InChI is InChI=1S/C21H29N5O3/c1-13(27)25-9-6-5-7-17(25)16-11-18-22-15-8-10-24(20(29)21(2,3)4)12-14(15)19(28)26(18)23-16/h11,17,23H,5-10,12H2,1-4H3/t17-/m1/s1. The van der Waals surface area contributed by atoms with E-state index < -0.39 is 5.41 Å². The molecule has 8 heteroatoms. The minimum atomic E-state index is -0.484. The van der Waals surface area contributed by atoms with Crippen LogP contribution in [-0.2, 0) is 22.6 Å². The van der Waals surface area contributed by atoms with Gasteiger partial charge in [0.25, 0.3) is 5.56 Å². The molecule has 0 unspecified atom stereocenters. The van der Waals surface area contributed by atoms with E-state index in [0.717, 1.165) is 37.2 Å². The SMILES string of the molecule is CC(=O)N1CCCC[C@@H]1c1cc2nc3c(c(=O)n2[nH]1)CN(C(=O)C(C)(C)C)CC3. The highest BCUT2D eigenvalue weighted by atomic mass is 16.2. The number of nitrogens with zero attached hydrogens (tertiary/aromatic N) is 4. The van der Waals surface area contributed by atoms with Gasteiger partial charge in [-0.3, -0.25) is 19.5 Å². The topological polar surface area (TPSA) is 90.8 Å². The molecule has 4 heterocycles. The Morgan fingerprint density at radius 1 is 1.21 bits per heavy atom. The molecule has 2 aliphatic heterocycles. The van der Waals surface area contributed by atoms with Gasteiger partial charge in [0.15, 0.2) is 5.65 Å². The van der Waals surface area contributed by atoms with Crippen molar-refractivity contribution in [1.82, 2.24) is 24.4 Å². The lowest BCUT2D eigenvalue weighted by atomic mass is 9.93. The summed E-state index contributed by atoms with van der Waals surface area (Å²) in [6.45, 7) is 8.86. The van der Waals surface area contributed by atoms with Gasteiger partial charge >= 0.3 is 0 Å². The van der Waals surface area contributed by atoms with Crippen LogP contribution in [0.3, 0.4) is 0 Å². The molecule has 0 bridgehead atoms. The zero-order valence-electron chi connectivity index (χ0n) is 17.6. The predicted molar refractivity (Wildman–Crippen MR) is 108 cm³/mol. The van der Waals surface area contributed by atoms with Gasteiger partial charge in [-0.15, -0.1) is 0 Å². The fourth-order valence-corrected chi connectivity index (χ4v) is 4.45. The number of nitrogens with one attached hydrogen (secondary N) is 1. The number of hydrogen-bond acceptors (Lipinski definition) is 4. The molecule has 2 amide bonds. The van der Waals surface area contributed by atoms with Crippen LogP contribution in [0.4, 0.5) is 0 Å². The number of likely N-dealkylation sites (tertiary alicyclic amines) is 1. The van der Waals surface area contributed by atoms with Crippen molar-refractivity contribution < 1.29 is 9.59 Å². The highest BCUT2D eigenvalue weighted by molar-refractivity contribution is 5.81. The van der Waals surface area contributed by atoms with Crippen molar-refractivity contribution in [2.75, 3.05) is 13.1 Å². The van der Waals surface area contributed by atoms with Gasteiger partial charge in [0.05, 0.1) is 29.5 Å². The summed E-state index contributed by atoms with van der Waals surface area (Å²) in [5.41, 5.74) is 2.12. The summed E-state index contributed by atoms with van der Waals surface area (Å²) in [4.78, 5) is 46.2. The highest BCUT2D eigenvalue weighted by Crippen LogP contribution is 2.30. The van der Waals surface area contributed by atoms with Gasteiger partial charge in [-0.25, -0.2) is 9.50 Å². The smallest absolute Gasteiger partial charge is 0.277 e. The van der Waals surface area contributed by atoms with Gasteiger partial charge in [0.2, 0.25) is 11.8 Å². The summed E-state index contributed by atoms with van der Waals surface area (Å²) in [6, 6.07) is 1.83. The second kappa shape index (κ2) is 7.00. The van der Waals surface area contributed by atoms with Crippen molar-refractivity contribution in [1.29, 1.82) is 0 Å². The molecule has 1 saturated heterocycles. The van der Waals surface area contributed by atoms with Gasteiger partial charge < -0.3 is 9.80 Å². The maximum Gasteiger partial charge on any atom is 0.277 e. The Morgan fingerprint density at radius 2 is 1.97 bits per heavy atom. The van der Waals surface area contributed by atoms with E-state index >= 15 is 0 Å². The van der Waals surface area contributed by atoms with Crippen LogP contribution in [0.15, 0.2) is 10.9 Å². The Labute approximate surface area is 169 Å². The van der Waals surface area contributed by atoms with Gasteiger partial charge in [-0.1, -0.05) is 20.8 Å². The number of carbonyl (C=O) groups is 2. The molecule has 0 spiro atoms. The Kier molecular flexibility index (Phi) is 4.75. The number of carbonyl (C=O) groups excluding carboxylic acids is 2. The minimum absolute atomic E-state index is 0.0409. The first kappa shape index (κ1) is 19.7. The van der Waals surface area contributed by atoms with Crippen LogP contribution in [0.1, 0.15) is 70.0 Å². The lowest BCUT2D eigenvalue weighted by molar-refractivity contribution is -0.140. The molecule has 1 N–H and O–H groups in total. The van der Waals surface area contributed by atoms with Crippen molar-refractivity contribution in [2.24, 2.45) is 5.41 Å². The summed E-state index contributed by atoms with van der Waals surface area (Å²) in [7, 11) is 0. The molecule has 29 heavy (non-hydrogen) atoms. The van der Waals surface area contributed by atoms with Crippen LogP contribution in [-0.4, -0.2) is 49.3 Å². The van der Waals surface area contributed by atoms with Crippen molar-refractivity contribution in [3.05, 3.63) is 33.4 Å². The van der Waals surface area contributed by atoms with Crippen LogP contribution < -0.4 is 5.56 Å². The largest absolute Gasteiger partial charge is 0.337 e. The molecule has 0 aliphatic carbocycles. The van der Waals surface area contributed by atoms with Gasteiger partial charge in [-0.05, 0) is 19.3 Å². The number of aromatic amines is 1. The summed E-state index contributed by atoms with van der Waals surface area (Å²) >= 11 is 0. The van der Waals surface area contributed by atoms with Crippen molar-refractivity contribution in [3.8, 4) is 0 Å². The summed E-state index contributed by atoms with van der Waals surface area (Å²) < 4.78 is 1.46. The van der Waals surface area contributed by atoms with Crippen LogP contribution in [0.5, 0.6) is 0 Å². The van der Waals surface area contributed by atoms with Gasteiger partial charge in [0, 0.05) is 37.9 Å². The molecule has 2 aromatic rings. The lowest BCUT2D eigenvalue weighted by Crippen LogP contribution is -2.44. The van der Waals surface area contributed by atoms with Crippen LogP contribution in [0, 0.1) is 5.41 Å². The Balaban J connectivity index is 1.71. The van der Waals surface area contributed by atoms with E-state index in [4.69, 9.17) is 4.98 Å². The number of hydrogen-bond donors (Lipinski definition) is 1. The molecule has 2 aromatic heterocycles. The minimum Gasteiger partial charge on any atom is -0.337 e. The quantitative estimate of drug-likeness (QED) is 0.794. The molecule has 2 aliphatic rings. The predicted octanol–water partition coefficient (Wildman–Crippen LogP) is 2.03. The van der Waals surface area contributed by atoms with E-state index in [9.17, 15) is 14.4 Å². The lowest BCUT2D eigenvalue weighted by Gasteiger charge is -2.34. The maximum atomic E-state index is 13.2. The Bertz CT molecular complexity index is 1030. The van der Waals surface area contributed by atoms with Gasteiger partial charge in [-0.2, -0.15) is 0 Å². The number of aromatic nitrogens is 3. The van der Waals surface area contributed by atoms with E-state index in [1.807, 2.05) is 31.7 Å². The summed E-state index contributed by atoms with van der Waals surface area (Å²) in [5, 5.41) is 3.19. The highest BCUT2D eigenvalue weighted by Gasteiger charge is 2.32. The molecule has 1 atom stereocenters. The van der Waals surface area contributed by atoms with Crippen LogP contribution in [0.2, 0.25) is 0 Å². The van der Waals surface area contributed by atoms with Gasteiger partial charge in [0.1, 0.15) is 0 Å². The third kappa shape index (κ3) is 3.45. The molecule has 156 valence electrons. The fourth-order valence-electron chi connectivity index (χ4n) is 4.45. The first-order valence-corrected chi connectivity index (χ1v) is 10.4. The Hall–Kier alpha value is -2.64. The number of rotatable bonds is 1. The second-order valence-corrected chi connectivity index (χ2v) is 9.20. The van der Waals surface area contributed by atoms with E-state index in [1.165, 1.54) is 4.52 Å². The van der Waals surface area contributed by atoms with E-state index in [1.54, 1.807) is 11.8 Å². The number of fused-ring (bicyclic) bond motifs is 2. The first-order valence-electron chi connectivity index (χ1n) is 10.4. The molecule has 1 fully saturated rings.